The zero-order valence-electron chi connectivity index (χ0n) is 9.62. The predicted molar refractivity (Wildman–Crippen MR) is 64.2 cm³/mol. The molecule has 1 aliphatic carbocycles. The van der Waals surface area contributed by atoms with Crippen molar-refractivity contribution < 1.29 is 9.53 Å². The molecule has 2 unspecified atom stereocenters. The van der Waals surface area contributed by atoms with Crippen molar-refractivity contribution in [1.29, 1.82) is 0 Å². The van der Waals surface area contributed by atoms with E-state index < -0.39 is 0 Å². The van der Waals surface area contributed by atoms with E-state index in [1.807, 2.05) is 7.05 Å². The maximum absolute atomic E-state index is 11.1. The van der Waals surface area contributed by atoms with E-state index in [-0.39, 0.29) is 5.97 Å². The van der Waals surface area contributed by atoms with E-state index in [4.69, 9.17) is 0 Å². The molecule has 1 aliphatic rings. The fourth-order valence-corrected chi connectivity index (χ4v) is 3.34. The minimum atomic E-state index is -0.112. The monoisotopic (exact) mass is 231 g/mol. The van der Waals surface area contributed by atoms with Gasteiger partial charge < -0.3 is 10.1 Å². The Bertz CT molecular complexity index is 199. The van der Waals surface area contributed by atoms with Gasteiger partial charge in [0, 0.05) is 11.3 Å². The van der Waals surface area contributed by atoms with E-state index >= 15 is 0 Å². The highest BCUT2D eigenvalue weighted by Gasteiger charge is 2.23. The summed E-state index contributed by atoms with van der Waals surface area (Å²) in [6.07, 6.45) is 6.37. The molecule has 1 saturated carbocycles. The van der Waals surface area contributed by atoms with E-state index in [1.54, 1.807) is 11.8 Å². The lowest BCUT2D eigenvalue weighted by molar-refractivity contribution is -0.137. The Morgan fingerprint density at radius 3 is 2.80 bits per heavy atom. The second-order valence-electron chi connectivity index (χ2n) is 3.96. The predicted octanol–water partition coefficient (Wildman–Crippen LogP) is 1.81. The van der Waals surface area contributed by atoms with Crippen molar-refractivity contribution >= 4 is 17.7 Å². The Morgan fingerprint density at radius 2 is 2.13 bits per heavy atom. The molecule has 0 heterocycles. The lowest BCUT2D eigenvalue weighted by atomic mass is 10.1. The molecule has 1 rings (SSSR count). The number of rotatable bonds is 4. The first kappa shape index (κ1) is 12.8. The van der Waals surface area contributed by atoms with Crippen LogP contribution in [0.2, 0.25) is 0 Å². The number of hydrogen-bond donors (Lipinski definition) is 1. The maximum Gasteiger partial charge on any atom is 0.315 e. The van der Waals surface area contributed by atoms with Crippen molar-refractivity contribution in [1.82, 2.24) is 5.32 Å². The van der Waals surface area contributed by atoms with Crippen LogP contribution in [0.1, 0.15) is 32.1 Å². The van der Waals surface area contributed by atoms with E-state index in [9.17, 15) is 4.79 Å². The zero-order valence-corrected chi connectivity index (χ0v) is 10.4. The number of carbonyl (C=O) groups excluding carboxylic acids is 1. The van der Waals surface area contributed by atoms with Crippen LogP contribution < -0.4 is 5.32 Å². The van der Waals surface area contributed by atoms with E-state index in [1.165, 1.54) is 39.2 Å². The molecule has 0 aliphatic heterocycles. The first-order valence-corrected chi connectivity index (χ1v) is 6.68. The molecule has 0 radical (unpaired) electrons. The quantitative estimate of drug-likeness (QED) is 0.591. The van der Waals surface area contributed by atoms with Crippen LogP contribution in [0.3, 0.4) is 0 Å². The molecule has 0 bridgehead atoms. The molecule has 1 N–H and O–H groups in total. The Labute approximate surface area is 96.3 Å². The summed E-state index contributed by atoms with van der Waals surface area (Å²) in [5, 5.41) is 3.93. The van der Waals surface area contributed by atoms with Crippen LogP contribution in [0.25, 0.3) is 0 Å². The molecular formula is C11H21NO2S. The van der Waals surface area contributed by atoms with Gasteiger partial charge in [-0.05, 0) is 19.9 Å². The normalized spacial score (nSPS) is 27.1. The third kappa shape index (κ3) is 4.43. The fourth-order valence-electron chi connectivity index (χ4n) is 2.04. The van der Waals surface area contributed by atoms with Crippen LogP contribution in [0.15, 0.2) is 0 Å². The summed E-state index contributed by atoms with van der Waals surface area (Å²) in [7, 11) is 3.47. The van der Waals surface area contributed by atoms with Gasteiger partial charge in [0.05, 0.1) is 12.9 Å². The summed E-state index contributed by atoms with van der Waals surface area (Å²) >= 11 is 1.74. The van der Waals surface area contributed by atoms with Crippen molar-refractivity contribution in [3.05, 3.63) is 0 Å². The molecule has 4 heteroatoms. The van der Waals surface area contributed by atoms with Crippen LogP contribution in [0, 0.1) is 0 Å². The fraction of sp³-hybridized carbons (Fsp3) is 0.909. The maximum atomic E-state index is 11.1. The molecule has 3 nitrogen and oxygen atoms in total. The van der Waals surface area contributed by atoms with Crippen LogP contribution in [0.4, 0.5) is 0 Å². The smallest absolute Gasteiger partial charge is 0.315 e. The summed E-state index contributed by atoms with van der Waals surface area (Å²) in [5.74, 6) is 0.374. The molecule has 0 spiro atoms. The number of methoxy groups -OCH3 is 1. The zero-order chi connectivity index (χ0) is 11.1. The summed E-state index contributed by atoms with van der Waals surface area (Å²) in [4.78, 5) is 11.1. The average molecular weight is 231 g/mol. The first-order chi connectivity index (χ1) is 7.27. The Kier molecular flexibility index (Phi) is 6.10. The minimum absolute atomic E-state index is 0.112. The topological polar surface area (TPSA) is 38.3 Å². The molecule has 0 saturated heterocycles. The van der Waals surface area contributed by atoms with Crippen molar-refractivity contribution in [2.75, 3.05) is 19.9 Å². The lowest BCUT2D eigenvalue weighted by Crippen LogP contribution is -2.35. The Hall–Kier alpha value is -0.220. The number of ether oxygens (including phenoxy) is 1. The number of thioether (sulfide) groups is 1. The first-order valence-electron chi connectivity index (χ1n) is 5.63. The molecule has 0 aromatic carbocycles. The number of nitrogens with one attached hydrogen (secondary N) is 1. The highest BCUT2D eigenvalue weighted by Crippen LogP contribution is 2.27. The lowest BCUT2D eigenvalue weighted by Gasteiger charge is -2.23. The Morgan fingerprint density at radius 1 is 1.40 bits per heavy atom. The molecule has 0 aromatic rings. The van der Waals surface area contributed by atoms with Gasteiger partial charge in [-0.25, -0.2) is 0 Å². The highest BCUT2D eigenvalue weighted by molar-refractivity contribution is 8.00. The highest BCUT2D eigenvalue weighted by atomic mass is 32.2. The summed E-state index contributed by atoms with van der Waals surface area (Å²) in [6.45, 7) is 0. The van der Waals surface area contributed by atoms with Crippen molar-refractivity contribution in [2.45, 2.75) is 43.4 Å². The number of carbonyl (C=O) groups is 1. The molecule has 15 heavy (non-hydrogen) atoms. The van der Waals surface area contributed by atoms with Crippen LogP contribution in [-0.2, 0) is 9.53 Å². The second kappa shape index (κ2) is 7.12. The van der Waals surface area contributed by atoms with Crippen molar-refractivity contribution in [3.8, 4) is 0 Å². The molecule has 2 atom stereocenters. The molecule has 0 amide bonds. The number of hydrogen-bond acceptors (Lipinski definition) is 4. The molecular weight excluding hydrogens is 210 g/mol. The van der Waals surface area contributed by atoms with Gasteiger partial charge in [0.1, 0.15) is 0 Å². The van der Waals surface area contributed by atoms with Gasteiger partial charge in [-0.2, -0.15) is 0 Å². The van der Waals surface area contributed by atoms with Gasteiger partial charge in [0.25, 0.3) is 0 Å². The van der Waals surface area contributed by atoms with Gasteiger partial charge in [-0.1, -0.05) is 19.3 Å². The van der Waals surface area contributed by atoms with Crippen molar-refractivity contribution in [3.63, 3.8) is 0 Å². The van der Waals surface area contributed by atoms with Gasteiger partial charge >= 0.3 is 5.97 Å². The minimum Gasteiger partial charge on any atom is -0.468 e. The average Bonchev–Trinajstić information content (AvgIpc) is 2.50. The van der Waals surface area contributed by atoms with Gasteiger partial charge in [-0.3, -0.25) is 4.79 Å². The third-order valence-corrected chi connectivity index (χ3v) is 4.36. The molecule has 1 fully saturated rings. The largest absolute Gasteiger partial charge is 0.468 e. The molecule has 88 valence electrons. The van der Waals surface area contributed by atoms with Crippen molar-refractivity contribution in [2.24, 2.45) is 0 Å². The number of esters is 1. The van der Waals surface area contributed by atoms with Gasteiger partial charge in [-0.15, -0.1) is 11.8 Å². The standard InChI is InChI=1S/C11H21NO2S/c1-12-9-6-4-3-5-7-10(9)15-8-11(13)14-2/h9-10,12H,3-8H2,1-2H3. The van der Waals surface area contributed by atoms with Crippen LogP contribution in [-0.4, -0.2) is 37.2 Å². The SMILES string of the molecule is CNC1CCCCCC1SCC(=O)OC. The molecule has 0 aromatic heterocycles. The van der Waals surface area contributed by atoms with E-state index in [0.29, 0.717) is 17.0 Å². The second-order valence-corrected chi connectivity index (χ2v) is 5.19. The van der Waals surface area contributed by atoms with E-state index in [0.717, 1.165) is 0 Å². The third-order valence-electron chi connectivity index (χ3n) is 2.97. The van der Waals surface area contributed by atoms with Crippen LogP contribution >= 0.6 is 11.8 Å². The van der Waals surface area contributed by atoms with Gasteiger partial charge in [0.2, 0.25) is 0 Å². The van der Waals surface area contributed by atoms with E-state index in [2.05, 4.69) is 10.1 Å². The summed E-state index contributed by atoms with van der Waals surface area (Å²) in [5.41, 5.74) is 0. The van der Waals surface area contributed by atoms with Crippen LogP contribution in [0.5, 0.6) is 0 Å². The Balaban J connectivity index is 2.37. The summed E-state index contributed by atoms with van der Waals surface area (Å²) in [6, 6.07) is 0.558. The van der Waals surface area contributed by atoms with Gasteiger partial charge in [0.15, 0.2) is 0 Å². The summed E-state index contributed by atoms with van der Waals surface area (Å²) < 4.78 is 4.66.